The summed E-state index contributed by atoms with van der Waals surface area (Å²) in [5.41, 5.74) is 9.86. The molecule has 1 aliphatic rings. The Morgan fingerprint density at radius 1 is 1.17 bits per heavy atom. The first-order valence-corrected chi connectivity index (χ1v) is 11.0. The molecule has 2 heterocycles. The molecule has 2 atom stereocenters. The van der Waals surface area contributed by atoms with Crippen LogP contribution in [0.25, 0.3) is 11.1 Å². The van der Waals surface area contributed by atoms with E-state index in [0.29, 0.717) is 24.0 Å². The van der Waals surface area contributed by atoms with E-state index in [1.807, 2.05) is 38.1 Å². The highest BCUT2D eigenvalue weighted by Gasteiger charge is 2.30. The molecule has 8 nitrogen and oxygen atoms in total. The van der Waals surface area contributed by atoms with Gasteiger partial charge in [-0.1, -0.05) is 24.3 Å². The molecule has 0 radical (unpaired) electrons. The fourth-order valence-electron chi connectivity index (χ4n) is 3.85. The van der Waals surface area contributed by atoms with Crippen molar-refractivity contribution in [3.63, 3.8) is 0 Å². The highest BCUT2D eigenvalue weighted by atomic mass is 32.2. The number of aromatic nitrogens is 1. The first kappa shape index (κ1) is 19.8. The Labute approximate surface area is 168 Å². The van der Waals surface area contributed by atoms with Crippen molar-refractivity contribution < 1.29 is 12.8 Å². The number of hydrazine groups is 1. The van der Waals surface area contributed by atoms with Crippen molar-refractivity contribution in [2.45, 2.75) is 50.8 Å². The van der Waals surface area contributed by atoms with Crippen LogP contribution < -0.4 is 21.3 Å². The topological polar surface area (TPSA) is 105 Å². The van der Waals surface area contributed by atoms with Crippen LogP contribution in [-0.4, -0.2) is 19.2 Å². The zero-order valence-electron chi connectivity index (χ0n) is 16.5. The van der Waals surface area contributed by atoms with E-state index >= 15 is 0 Å². The van der Waals surface area contributed by atoms with Gasteiger partial charge in [-0.15, -0.1) is 0 Å². The Kier molecular flexibility index (Phi) is 5.07. The Morgan fingerprint density at radius 3 is 2.66 bits per heavy atom. The molecule has 0 bridgehead atoms. The molecule has 2 aromatic carbocycles. The Bertz CT molecular complexity index is 1230. The van der Waals surface area contributed by atoms with Crippen LogP contribution in [0.1, 0.15) is 36.1 Å². The molecular formula is C20H24N4O4S. The number of hydrogen-bond acceptors (Lipinski definition) is 6. The predicted molar refractivity (Wildman–Crippen MR) is 110 cm³/mol. The van der Waals surface area contributed by atoms with E-state index < -0.39 is 21.9 Å². The Balaban J connectivity index is 1.59. The van der Waals surface area contributed by atoms with Gasteiger partial charge in [-0.3, -0.25) is 4.57 Å². The fourth-order valence-corrected chi connectivity index (χ4v) is 5.25. The summed E-state index contributed by atoms with van der Waals surface area (Å²) in [5.74, 6) is -0.493. The first-order valence-electron chi connectivity index (χ1n) is 9.53. The van der Waals surface area contributed by atoms with Gasteiger partial charge in [0, 0.05) is 18.7 Å². The van der Waals surface area contributed by atoms with Gasteiger partial charge in [0.2, 0.25) is 10.0 Å². The molecule has 4 rings (SSSR count). The SMILES string of the molecule is CCn1c(=O)oc2cc(S(=O)(=O)NC3CC(c4ccccc4C)NN3)c(C)cc21. The molecule has 0 spiro atoms. The first-order chi connectivity index (χ1) is 13.8. The number of nitrogens with one attached hydrogen (secondary N) is 3. The van der Waals surface area contributed by atoms with Crippen LogP contribution in [-0.2, 0) is 16.6 Å². The third-order valence-electron chi connectivity index (χ3n) is 5.34. The summed E-state index contributed by atoms with van der Waals surface area (Å²) >= 11 is 0. The Hall–Kier alpha value is -2.46. The summed E-state index contributed by atoms with van der Waals surface area (Å²) in [7, 11) is -3.82. The summed E-state index contributed by atoms with van der Waals surface area (Å²) in [6.07, 6.45) is 0.0964. The number of aryl methyl sites for hydroxylation is 3. The van der Waals surface area contributed by atoms with Crippen LogP contribution in [0.4, 0.5) is 0 Å². The zero-order chi connectivity index (χ0) is 20.8. The second kappa shape index (κ2) is 7.42. The molecule has 29 heavy (non-hydrogen) atoms. The summed E-state index contributed by atoms with van der Waals surface area (Å²) in [4.78, 5) is 12.0. The van der Waals surface area contributed by atoms with E-state index in [1.54, 1.807) is 13.0 Å². The summed E-state index contributed by atoms with van der Waals surface area (Å²) in [5, 5.41) is 0. The zero-order valence-corrected chi connectivity index (χ0v) is 17.3. The number of nitrogens with zero attached hydrogens (tertiary/aromatic N) is 1. The summed E-state index contributed by atoms with van der Waals surface area (Å²) < 4.78 is 35.4. The van der Waals surface area contributed by atoms with E-state index in [4.69, 9.17) is 4.42 Å². The fraction of sp³-hybridized carbons (Fsp3) is 0.350. The largest absolute Gasteiger partial charge is 0.419 e. The number of oxazole rings is 1. The number of rotatable bonds is 5. The maximum atomic E-state index is 13.0. The molecule has 0 aliphatic carbocycles. The standard InChI is InChI=1S/C20H24N4O4S/c1-4-24-16-9-13(3)18(11-17(16)28-20(24)25)29(26,27)23-19-10-15(21-22-19)14-8-6-5-7-12(14)2/h5-9,11,15,19,21-23H,4,10H2,1-3H3. The molecular weight excluding hydrogens is 392 g/mol. The highest BCUT2D eigenvalue weighted by molar-refractivity contribution is 7.89. The van der Waals surface area contributed by atoms with Crippen LogP contribution in [0.5, 0.6) is 0 Å². The predicted octanol–water partition coefficient (Wildman–Crippen LogP) is 2.07. The van der Waals surface area contributed by atoms with E-state index in [1.165, 1.54) is 10.6 Å². The number of fused-ring (bicyclic) bond motifs is 1. The van der Waals surface area contributed by atoms with Crippen LogP contribution in [0.2, 0.25) is 0 Å². The third kappa shape index (κ3) is 3.62. The van der Waals surface area contributed by atoms with Gasteiger partial charge in [-0.05, 0) is 49.9 Å². The summed E-state index contributed by atoms with van der Waals surface area (Å²) in [6.45, 7) is 6.03. The van der Waals surface area contributed by atoms with E-state index in [9.17, 15) is 13.2 Å². The van der Waals surface area contributed by atoms with Gasteiger partial charge < -0.3 is 4.42 Å². The van der Waals surface area contributed by atoms with Gasteiger partial charge in [-0.2, -0.15) is 4.72 Å². The normalized spacial score (nSPS) is 19.8. The van der Waals surface area contributed by atoms with Gasteiger partial charge in [0.25, 0.3) is 0 Å². The van der Waals surface area contributed by atoms with Gasteiger partial charge >= 0.3 is 5.76 Å². The molecule has 3 aromatic rings. The number of hydrogen-bond donors (Lipinski definition) is 3. The van der Waals surface area contributed by atoms with E-state index in [0.717, 1.165) is 11.1 Å². The minimum atomic E-state index is -3.82. The molecule has 2 unspecified atom stereocenters. The maximum absolute atomic E-state index is 13.0. The van der Waals surface area contributed by atoms with Crippen molar-refractivity contribution >= 4 is 21.1 Å². The minimum absolute atomic E-state index is 0.00378. The molecule has 1 saturated heterocycles. The monoisotopic (exact) mass is 416 g/mol. The smallest absolute Gasteiger partial charge is 0.408 e. The van der Waals surface area contributed by atoms with Crippen LogP contribution in [0.3, 0.4) is 0 Å². The maximum Gasteiger partial charge on any atom is 0.419 e. The molecule has 1 fully saturated rings. The third-order valence-corrected chi connectivity index (χ3v) is 6.95. The molecule has 1 aliphatic heterocycles. The van der Waals surface area contributed by atoms with E-state index in [2.05, 4.69) is 15.6 Å². The van der Waals surface area contributed by atoms with Gasteiger partial charge in [0.05, 0.1) is 16.6 Å². The molecule has 1 aromatic heterocycles. The average molecular weight is 417 g/mol. The lowest BCUT2D eigenvalue weighted by Crippen LogP contribution is -2.44. The highest BCUT2D eigenvalue weighted by Crippen LogP contribution is 2.26. The van der Waals surface area contributed by atoms with Gasteiger partial charge in [-0.25, -0.2) is 24.1 Å². The second-order valence-corrected chi connectivity index (χ2v) is 8.99. The van der Waals surface area contributed by atoms with E-state index in [-0.39, 0.29) is 16.5 Å². The van der Waals surface area contributed by atoms with Crippen LogP contribution >= 0.6 is 0 Å². The van der Waals surface area contributed by atoms with Gasteiger partial charge in [0.1, 0.15) is 0 Å². The Morgan fingerprint density at radius 2 is 1.93 bits per heavy atom. The molecule has 0 saturated carbocycles. The van der Waals surface area contributed by atoms with Gasteiger partial charge in [0.15, 0.2) is 5.58 Å². The van der Waals surface area contributed by atoms with Crippen molar-refractivity contribution in [3.8, 4) is 0 Å². The molecule has 9 heteroatoms. The van der Waals surface area contributed by atoms with Crippen molar-refractivity contribution in [2.24, 2.45) is 0 Å². The van der Waals surface area contributed by atoms with Crippen molar-refractivity contribution in [3.05, 3.63) is 63.6 Å². The average Bonchev–Trinajstić information content (AvgIpc) is 3.24. The summed E-state index contributed by atoms with van der Waals surface area (Å²) in [6, 6.07) is 11.1. The van der Waals surface area contributed by atoms with Crippen LogP contribution in [0.15, 0.2) is 50.5 Å². The van der Waals surface area contributed by atoms with Crippen LogP contribution in [0, 0.1) is 13.8 Å². The van der Waals surface area contributed by atoms with Crippen molar-refractivity contribution in [2.75, 3.05) is 0 Å². The molecule has 0 amide bonds. The minimum Gasteiger partial charge on any atom is -0.408 e. The lowest BCUT2D eigenvalue weighted by Gasteiger charge is -2.15. The molecule has 154 valence electrons. The molecule has 3 N–H and O–H groups in total. The number of benzene rings is 2. The number of sulfonamides is 1. The van der Waals surface area contributed by atoms with Crippen molar-refractivity contribution in [1.29, 1.82) is 0 Å². The lowest BCUT2D eigenvalue weighted by molar-refractivity contribution is 0.503. The second-order valence-electron chi connectivity index (χ2n) is 7.31. The quantitative estimate of drug-likeness (QED) is 0.588. The van der Waals surface area contributed by atoms with Crippen molar-refractivity contribution in [1.82, 2.24) is 20.1 Å². The lowest BCUT2D eigenvalue weighted by atomic mass is 10.00.